The van der Waals surface area contributed by atoms with Crippen molar-refractivity contribution in [3.8, 4) is 22.6 Å². The van der Waals surface area contributed by atoms with Gasteiger partial charge in [-0.15, -0.1) is 11.3 Å². The number of benzene rings is 3. The number of ether oxygens (including phenoxy) is 1. The van der Waals surface area contributed by atoms with Crippen molar-refractivity contribution in [3.05, 3.63) is 105 Å². The molecule has 41 heavy (non-hydrogen) atoms. The van der Waals surface area contributed by atoms with Gasteiger partial charge in [0, 0.05) is 4.88 Å². The van der Waals surface area contributed by atoms with E-state index in [1.54, 1.807) is 22.1 Å². The third kappa shape index (κ3) is 5.82. The molecular formula is C32H28N4O3S2. The van der Waals surface area contributed by atoms with Crippen molar-refractivity contribution in [3.63, 3.8) is 0 Å². The second-order valence-electron chi connectivity index (χ2n) is 9.57. The third-order valence-corrected chi connectivity index (χ3v) is 8.99. The van der Waals surface area contributed by atoms with Gasteiger partial charge in [-0.1, -0.05) is 66.4 Å². The van der Waals surface area contributed by atoms with Gasteiger partial charge in [-0.25, -0.2) is 10.4 Å². The lowest BCUT2D eigenvalue weighted by Crippen LogP contribution is -2.24. The van der Waals surface area contributed by atoms with Crippen molar-refractivity contribution in [1.29, 1.82) is 0 Å². The van der Waals surface area contributed by atoms with E-state index in [2.05, 4.69) is 22.7 Å². The summed E-state index contributed by atoms with van der Waals surface area (Å²) in [5, 5.41) is 5.30. The second-order valence-corrected chi connectivity index (χ2v) is 11.6. The van der Waals surface area contributed by atoms with Crippen LogP contribution in [0.25, 0.3) is 27.0 Å². The van der Waals surface area contributed by atoms with Crippen molar-refractivity contribution < 1.29 is 9.53 Å². The van der Waals surface area contributed by atoms with E-state index in [9.17, 15) is 9.59 Å². The lowest BCUT2D eigenvalue weighted by molar-refractivity contribution is -0.118. The van der Waals surface area contributed by atoms with Gasteiger partial charge in [-0.2, -0.15) is 5.10 Å². The van der Waals surface area contributed by atoms with Crippen molar-refractivity contribution in [2.75, 3.05) is 12.4 Å². The van der Waals surface area contributed by atoms with E-state index in [0.29, 0.717) is 22.8 Å². The number of thioether (sulfide) groups is 1. The van der Waals surface area contributed by atoms with Crippen LogP contribution in [0, 0.1) is 0 Å². The van der Waals surface area contributed by atoms with Crippen LogP contribution in [0.15, 0.2) is 93.9 Å². The maximum Gasteiger partial charge on any atom is 0.267 e. The number of amides is 1. The Hall–Kier alpha value is -4.21. The fourth-order valence-electron chi connectivity index (χ4n) is 4.94. The number of aromatic nitrogens is 2. The number of hydrogen-bond donors (Lipinski definition) is 1. The predicted octanol–water partition coefficient (Wildman–Crippen LogP) is 6.24. The summed E-state index contributed by atoms with van der Waals surface area (Å²) >= 11 is 2.81. The van der Waals surface area contributed by atoms with E-state index in [-0.39, 0.29) is 17.2 Å². The van der Waals surface area contributed by atoms with Gasteiger partial charge < -0.3 is 4.74 Å². The molecule has 0 saturated heterocycles. The SMILES string of the molecule is CCOc1ccc(-n2c(SCC(=O)NN=Cc3ccc(-c4ccccc4)cc3)nc3sc4c(c3c2=O)CCC4)cc1. The van der Waals surface area contributed by atoms with Crippen LogP contribution in [0.4, 0.5) is 0 Å². The third-order valence-electron chi connectivity index (χ3n) is 6.87. The van der Waals surface area contributed by atoms with E-state index in [4.69, 9.17) is 9.72 Å². The lowest BCUT2D eigenvalue weighted by Gasteiger charge is -2.13. The number of hydrazone groups is 1. The Balaban J connectivity index is 1.19. The molecule has 7 nitrogen and oxygen atoms in total. The summed E-state index contributed by atoms with van der Waals surface area (Å²) in [5.41, 5.74) is 7.44. The molecule has 0 aliphatic heterocycles. The van der Waals surface area contributed by atoms with E-state index in [1.807, 2.05) is 73.7 Å². The van der Waals surface area contributed by atoms with Gasteiger partial charge >= 0.3 is 0 Å². The molecule has 1 N–H and O–H groups in total. The number of hydrogen-bond acceptors (Lipinski definition) is 7. The minimum atomic E-state index is -0.284. The molecule has 0 atom stereocenters. The van der Waals surface area contributed by atoms with Gasteiger partial charge in [0.1, 0.15) is 10.6 Å². The Kier molecular flexibility index (Phi) is 7.98. The molecular weight excluding hydrogens is 553 g/mol. The molecule has 6 rings (SSSR count). The molecule has 2 heterocycles. The first-order chi connectivity index (χ1) is 20.1. The van der Waals surface area contributed by atoms with Crippen LogP contribution in [0.5, 0.6) is 5.75 Å². The standard InChI is InChI=1S/C32H28N4O3S2/c1-2-39-25-17-15-24(16-18-25)36-31(38)29-26-9-6-10-27(26)41-30(29)34-32(36)40-20-28(37)35-33-19-21-11-13-23(14-12-21)22-7-4-3-5-8-22/h3-5,7-8,11-19H,2,6,9-10,20H2,1H3,(H,35,37). The zero-order valence-corrected chi connectivity index (χ0v) is 24.1. The number of fused-ring (bicyclic) bond motifs is 3. The first kappa shape index (κ1) is 27.0. The van der Waals surface area contributed by atoms with Gasteiger partial charge in [-0.3, -0.25) is 14.2 Å². The summed E-state index contributed by atoms with van der Waals surface area (Å²) in [5.74, 6) is 0.508. The van der Waals surface area contributed by atoms with Crippen LogP contribution in [0.3, 0.4) is 0 Å². The number of carbonyl (C=O) groups excluding carboxylic acids is 1. The van der Waals surface area contributed by atoms with Crippen LogP contribution < -0.4 is 15.7 Å². The van der Waals surface area contributed by atoms with Crippen molar-refractivity contribution in [2.24, 2.45) is 5.10 Å². The maximum atomic E-state index is 13.8. The van der Waals surface area contributed by atoms with E-state index in [1.165, 1.54) is 16.6 Å². The fourth-order valence-corrected chi connectivity index (χ4v) is 7.05. The molecule has 0 bridgehead atoms. The minimum absolute atomic E-state index is 0.0599. The monoisotopic (exact) mass is 580 g/mol. The highest BCUT2D eigenvalue weighted by Crippen LogP contribution is 2.36. The molecule has 1 aliphatic rings. The molecule has 0 spiro atoms. The fraction of sp³-hybridized carbons (Fsp3) is 0.188. The average molecular weight is 581 g/mol. The highest BCUT2D eigenvalue weighted by atomic mass is 32.2. The second kappa shape index (κ2) is 12.1. The molecule has 1 amide bonds. The summed E-state index contributed by atoms with van der Waals surface area (Å²) in [6.45, 7) is 2.49. The summed E-state index contributed by atoms with van der Waals surface area (Å²) in [6, 6.07) is 25.5. The Morgan fingerprint density at radius 1 is 1.05 bits per heavy atom. The molecule has 206 valence electrons. The maximum absolute atomic E-state index is 13.8. The smallest absolute Gasteiger partial charge is 0.267 e. The Morgan fingerprint density at radius 2 is 1.80 bits per heavy atom. The van der Waals surface area contributed by atoms with Crippen LogP contribution in [-0.4, -0.2) is 34.0 Å². The van der Waals surface area contributed by atoms with Crippen molar-refractivity contribution in [2.45, 2.75) is 31.3 Å². The number of thiophene rings is 1. The molecule has 0 unspecified atom stereocenters. The summed E-state index contributed by atoms with van der Waals surface area (Å²) < 4.78 is 7.19. The van der Waals surface area contributed by atoms with Gasteiger partial charge in [-0.05, 0) is 72.7 Å². The van der Waals surface area contributed by atoms with Crippen molar-refractivity contribution >= 4 is 45.4 Å². The lowest BCUT2D eigenvalue weighted by atomic mass is 10.0. The molecule has 5 aromatic rings. The zero-order valence-electron chi connectivity index (χ0n) is 22.5. The first-order valence-corrected chi connectivity index (χ1v) is 15.3. The Morgan fingerprint density at radius 3 is 2.56 bits per heavy atom. The van der Waals surface area contributed by atoms with Crippen LogP contribution in [0.1, 0.15) is 29.3 Å². The summed E-state index contributed by atoms with van der Waals surface area (Å²) in [6.07, 6.45) is 4.56. The van der Waals surface area contributed by atoms with Crippen LogP contribution >= 0.6 is 23.1 Å². The van der Waals surface area contributed by atoms with Crippen molar-refractivity contribution in [1.82, 2.24) is 15.0 Å². The highest BCUT2D eigenvalue weighted by Gasteiger charge is 2.24. The molecule has 9 heteroatoms. The number of nitrogens with zero attached hydrogens (tertiary/aromatic N) is 3. The average Bonchev–Trinajstić information content (AvgIpc) is 3.59. The van der Waals surface area contributed by atoms with Gasteiger partial charge in [0.2, 0.25) is 0 Å². The summed E-state index contributed by atoms with van der Waals surface area (Å²) in [4.78, 5) is 33.4. The minimum Gasteiger partial charge on any atom is -0.494 e. The summed E-state index contributed by atoms with van der Waals surface area (Å²) in [7, 11) is 0. The van der Waals surface area contributed by atoms with Crippen LogP contribution in [0.2, 0.25) is 0 Å². The molecule has 2 aromatic heterocycles. The molecule has 3 aromatic carbocycles. The molecule has 0 saturated carbocycles. The largest absolute Gasteiger partial charge is 0.494 e. The number of aryl methyl sites for hydroxylation is 2. The molecule has 0 fully saturated rings. The molecule has 0 radical (unpaired) electrons. The van der Waals surface area contributed by atoms with E-state index < -0.39 is 0 Å². The predicted molar refractivity (Wildman–Crippen MR) is 167 cm³/mol. The Labute approximate surface area is 245 Å². The van der Waals surface area contributed by atoms with Gasteiger partial charge in [0.15, 0.2) is 5.16 Å². The normalized spacial score (nSPS) is 12.6. The van der Waals surface area contributed by atoms with E-state index in [0.717, 1.165) is 52.1 Å². The Bertz CT molecular complexity index is 1780. The molecule has 1 aliphatic carbocycles. The number of nitrogens with one attached hydrogen (secondary N) is 1. The zero-order chi connectivity index (χ0) is 28.2. The highest BCUT2D eigenvalue weighted by molar-refractivity contribution is 7.99. The quantitative estimate of drug-likeness (QED) is 0.0965. The van der Waals surface area contributed by atoms with Gasteiger partial charge in [0.25, 0.3) is 11.5 Å². The van der Waals surface area contributed by atoms with Gasteiger partial charge in [0.05, 0.1) is 29.6 Å². The number of carbonyl (C=O) groups is 1. The topological polar surface area (TPSA) is 85.6 Å². The van der Waals surface area contributed by atoms with E-state index >= 15 is 0 Å². The van der Waals surface area contributed by atoms with Crippen LogP contribution in [-0.2, 0) is 17.6 Å². The number of rotatable bonds is 9. The first-order valence-electron chi connectivity index (χ1n) is 13.5.